The van der Waals surface area contributed by atoms with Crippen molar-refractivity contribution in [2.24, 2.45) is 0 Å². The number of aromatic nitrogens is 1. The molecule has 3 rings (SSSR count). The molecule has 1 saturated heterocycles. The van der Waals surface area contributed by atoms with Gasteiger partial charge in [0.05, 0.1) is 13.2 Å². The Hall–Kier alpha value is -2.93. The molecule has 136 valence electrons. The first-order valence-electron chi connectivity index (χ1n) is 8.39. The number of carbonyl (C=O) groups is 2. The molecule has 2 heterocycles. The average molecular weight is 356 g/mol. The van der Waals surface area contributed by atoms with Gasteiger partial charge in [0, 0.05) is 24.2 Å². The second kappa shape index (κ2) is 8.96. The van der Waals surface area contributed by atoms with E-state index in [9.17, 15) is 9.59 Å². The molecule has 26 heavy (non-hydrogen) atoms. The lowest BCUT2D eigenvalue weighted by Crippen LogP contribution is -2.30. The van der Waals surface area contributed by atoms with Crippen molar-refractivity contribution >= 4 is 11.9 Å². The fourth-order valence-corrected chi connectivity index (χ4v) is 2.44. The van der Waals surface area contributed by atoms with Crippen LogP contribution in [0.1, 0.15) is 22.3 Å². The molecule has 1 amide bonds. The molecule has 1 atom stereocenters. The van der Waals surface area contributed by atoms with E-state index in [1.807, 2.05) is 30.3 Å². The van der Waals surface area contributed by atoms with Crippen molar-refractivity contribution in [1.29, 1.82) is 0 Å². The van der Waals surface area contributed by atoms with Gasteiger partial charge in [-0.15, -0.1) is 0 Å². The van der Waals surface area contributed by atoms with Gasteiger partial charge >= 0.3 is 5.97 Å². The molecule has 7 nitrogen and oxygen atoms in total. The number of hydrogen-bond donors (Lipinski definition) is 1. The number of esters is 1. The zero-order chi connectivity index (χ0) is 18.2. The number of carbonyl (C=O) groups excluding carboxylic acids is 2. The van der Waals surface area contributed by atoms with Crippen LogP contribution in [0, 0.1) is 0 Å². The van der Waals surface area contributed by atoms with Gasteiger partial charge in [-0.25, -0.2) is 4.98 Å². The minimum atomic E-state index is -0.504. The van der Waals surface area contributed by atoms with E-state index in [1.165, 1.54) is 6.20 Å². The normalized spacial score (nSPS) is 16.1. The van der Waals surface area contributed by atoms with E-state index < -0.39 is 11.9 Å². The van der Waals surface area contributed by atoms with Crippen LogP contribution in [0.15, 0.2) is 48.7 Å². The summed E-state index contributed by atoms with van der Waals surface area (Å²) in [7, 11) is 0. The summed E-state index contributed by atoms with van der Waals surface area (Å²) in [5.41, 5.74) is 1.25. The number of hydrogen-bond acceptors (Lipinski definition) is 6. The molecule has 7 heteroatoms. The van der Waals surface area contributed by atoms with Crippen LogP contribution in [0.3, 0.4) is 0 Å². The van der Waals surface area contributed by atoms with Gasteiger partial charge in [0.2, 0.25) is 5.88 Å². The van der Waals surface area contributed by atoms with Gasteiger partial charge in [-0.2, -0.15) is 0 Å². The van der Waals surface area contributed by atoms with Gasteiger partial charge in [0.1, 0.15) is 19.3 Å². The molecule has 2 aromatic rings. The maximum atomic E-state index is 12.2. The molecule has 1 aromatic carbocycles. The van der Waals surface area contributed by atoms with E-state index in [4.69, 9.17) is 14.2 Å². The van der Waals surface area contributed by atoms with E-state index in [2.05, 4.69) is 10.3 Å². The van der Waals surface area contributed by atoms with Crippen molar-refractivity contribution in [1.82, 2.24) is 10.3 Å². The van der Waals surface area contributed by atoms with Crippen LogP contribution in [0.2, 0.25) is 0 Å². The highest BCUT2D eigenvalue weighted by Gasteiger charge is 2.18. The Morgan fingerprint density at radius 3 is 2.85 bits per heavy atom. The molecule has 0 bridgehead atoms. The van der Waals surface area contributed by atoms with Crippen molar-refractivity contribution < 1.29 is 23.8 Å². The predicted octanol–water partition coefficient (Wildman–Crippen LogP) is 1.72. The Labute approximate surface area is 151 Å². The molecular formula is C19H20N2O5. The number of benzene rings is 1. The number of ether oxygens (including phenoxy) is 3. The number of pyridine rings is 1. The van der Waals surface area contributed by atoms with E-state index in [-0.39, 0.29) is 19.3 Å². The highest BCUT2D eigenvalue weighted by Crippen LogP contribution is 2.15. The molecule has 0 radical (unpaired) electrons. The van der Waals surface area contributed by atoms with Crippen molar-refractivity contribution in [2.75, 3.05) is 19.8 Å². The predicted molar refractivity (Wildman–Crippen MR) is 92.7 cm³/mol. The maximum Gasteiger partial charge on any atom is 0.325 e. The van der Waals surface area contributed by atoms with Gasteiger partial charge in [0.25, 0.3) is 5.91 Å². The van der Waals surface area contributed by atoms with Crippen LogP contribution in [0.25, 0.3) is 0 Å². The standard InChI is InChI=1S/C19H20N2O5/c22-18(25-12-14-4-2-1-3-5-14)11-21-19(23)15-6-8-20-17(10-15)26-16-7-9-24-13-16/h1-6,8,10,16H,7,9,11-13H2,(H,21,23). The van der Waals surface area contributed by atoms with Crippen LogP contribution in [0.5, 0.6) is 5.88 Å². The number of nitrogens with one attached hydrogen (secondary N) is 1. The van der Waals surface area contributed by atoms with Crippen molar-refractivity contribution in [3.05, 3.63) is 59.8 Å². The lowest BCUT2D eigenvalue weighted by atomic mass is 10.2. The Bertz CT molecular complexity index is 745. The number of nitrogens with zero attached hydrogens (tertiary/aromatic N) is 1. The number of rotatable bonds is 7. The molecule has 0 saturated carbocycles. The molecule has 1 aliphatic heterocycles. The van der Waals surface area contributed by atoms with Crippen LogP contribution >= 0.6 is 0 Å². The topological polar surface area (TPSA) is 86.8 Å². The summed E-state index contributed by atoms with van der Waals surface area (Å²) >= 11 is 0. The van der Waals surface area contributed by atoms with E-state index in [0.29, 0.717) is 24.7 Å². The van der Waals surface area contributed by atoms with E-state index in [0.717, 1.165) is 12.0 Å². The summed E-state index contributed by atoms with van der Waals surface area (Å²) in [5, 5.41) is 2.53. The summed E-state index contributed by atoms with van der Waals surface area (Å²) in [6, 6.07) is 12.4. The van der Waals surface area contributed by atoms with Crippen molar-refractivity contribution in [3.63, 3.8) is 0 Å². The minimum absolute atomic E-state index is 0.0474. The average Bonchev–Trinajstić information content (AvgIpc) is 3.18. The van der Waals surface area contributed by atoms with E-state index >= 15 is 0 Å². The Morgan fingerprint density at radius 1 is 1.23 bits per heavy atom. The monoisotopic (exact) mass is 356 g/mol. The van der Waals surface area contributed by atoms with Crippen molar-refractivity contribution in [3.8, 4) is 5.88 Å². The van der Waals surface area contributed by atoms with Gasteiger partial charge in [-0.05, 0) is 11.6 Å². The second-order valence-electron chi connectivity index (χ2n) is 5.82. The minimum Gasteiger partial charge on any atom is -0.472 e. The molecule has 1 aliphatic rings. The first kappa shape index (κ1) is 17.9. The van der Waals surface area contributed by atoms with Crippen LogP contribution < -0.4 is 10.1 Å². The SMILES string of the molecule is O=C(CNC(=O)c1ccnc(OC2CCOC2)c1)OCc1ccccc1. The first-order valence-corrected chi connectivity index (χ1v) is 8.39. The Morgan fingerprint density at radius 2 is 2.08 bits per heavy atom. The molecule has 1 aromatic heterocycles. The largest absolute Gasteiger partial charge is 0.472 e. The van der Waals surface area contributed by atoms with Gasteiger partial charge < -0.3 is 19.5 Å². The smallest absolute Gasteiger partial charge is 0.325 e. The molecule has 1 unspecified atom stereocenters. The van der Waals surface area contributed by atoms with Crippen LogP contribution in [-0.2, 0) is 20.9 Å². The third-order valence-electron chi connectivity index (χ3n) is 3.81. The highest BCUT2D eigenvalue weighted by atomic mass is 16.5. The number of amides is 1. The molecule has 1 N–H and O–H groups in total. The Kier molecular flexibility index (Phi) is 6.16. The first-order chi connectivity index (χ1) is 12.7. The van der Waals surface area contributed by atoms with Crippen LogP contribution in [-0.4, -0.2) is 42.7 Å². The van der Waals surface area contributed by atoms with E-state index in [1.54, 1.807) is 12.1 Å². The summed E-state index contributed by atoms with van der Waals surface area (Å²) in [5.74, 6) is -0.535. The fourth-order valence-electron chi connectivity index (χ4n) is 2.44. The molecular weight excluding hydrogens is 336 g/mol. The summed E-state index contributed by atoms with van der Waals surface area (Å²) in [4.78, 5) is 28.0. The third-order valence-corrected chi connectivity index (χ3v) is 3.81. The zero-order valence-electron chi connectivity index (χ0n) is 14.2. The quantitative estimate of drug-likeness (QED) is 0.760. The molecule has 0 aliphatic carbocycles. The summed E-state index contributed by atoms with van der Waals surface area (Å²) < 4.78 is 16.0. The van der Waals surface area contributed by atoms with Gasteiger partial charge in [-0.1, -0.05) is 30.3 Å². The molecule has 0 spiro atoms. The van der Waals surface area contributed by atoms with Gasteiger partial charge in [0.15, 0.2) is 0 Å². The second-order valence-corrected chi connectivity index (χ2v) is 5.82. The maximum absolute atomic E-state index is 12.2. The third kappa shape index (κ3) is 5.29. The van der Waals surface area contributed by atoms with Crippen LogP contribution in [0.4, 0.5) is 0 Å². The van der Waals surface area contributed by atoms with Crippen molar-refractivity contribution in [2.45, 2.75) is 19.1 Å². The fraction of sp³-hybridized carbons (Fsp3) is 0.316. The lowest BCUT2D eigenvalue weighted by molar-refractivity contribution is -0.143. The summed E-state index contributed by atoms with van der Waals surface area (Å²) in [6.07, 6.45) is 2.24. The summed E-state index contributed by atoms with van der Waals surface area (Å²) in [6.45, 7) is 1.15. The lowest BCUT2D eigenvalue weighted by Gasteiger charge is -2.11. The highest BCUT2D eigenvalue weighted by molar-refractivity contribution is 5.96. The van der Waals surface area contributed by atoms with Gasteiger partial charge in [-0.3, -0.25) is 9.59 Å². The Balaban J connectivity index is 1.46. The molecule has 1 fully saturated rings. The zero-order valence-corrected chi connectivity index (χ0v) is 14.2.